The van der Waals surface area contributed by atoms with Crippen LogP contribution in [0.2, 0.25) is 0 Å². The van der Waals surface area contributed by atoms with Crippen LogP contribution in [0.5, 0.6) is 5.75 Å². The maximum Gasteiger partial charge on any atom is 0.410 e. The van der Waals surface area contributed by atoms with Gasteiger partial charge in [0.05, 0.1) is 12.8 Å². The van der Waals surface area contributed by atoms with Crippen molar-refractivity contribution in [2.45, 2.75) is 25.5 Å². The number of hydrogen-bond donors (Lipinski definition) is 1. The molecule has 0 radical (unpaired) electrons. The van der Waals surface area contributed by atoms with Crippen LogP contribution >= 0.6 is 0 Å². The van der Waals surface area contributed by atoms with E-state index < -0.39 is 12.1 Å². The fraction of sp³-hybridized carbons (Fsp3) is 0.316. The van der Waals surface area contributed by atoms with E-state index in [0.29, 0.717) is 31.0 Å². The summed E-state index contributed by atoms with van der Waals surface area (Å²) in [4.78, 5) is 29.9. The van der Waals surface area contributed by atoms with Crippen LogP contribution in [0.3, 0.4) is 0 Å². The smallest absolute Gasteiger partial charge is 0.410 e. The molecule has 1 saturated heterocycles. The fourth-order valence-corrected chi connectivity index (χ4v) is 2.91. The van der Waals surface area contributed by atoms with Crippen molar-refractivity contribution < 1.29 is 19.1 Å². The van der Waals surface area contributed by atoms with Crippen molar-refractivity contribution >= 4 is 17.7 Å². The molecule has 1 aliphatic heterocycles. The zero-order valence-electron chi connectivity index (χ0n) is 14.6. The molecule has 1 atom stereocenters. The minimum Gasteiger partial charge on any atom is -0.487 e. The highest BCUT2D eigenvalue weighted by Crippen LogP contribution is 2.22. The lowest BCUT2D eigenvalue weighted by molar-refractivity contribution is -0.119. The van der Waals surface area contributed by atoms with Crippen LogP contribution in [0.25, 0.3) is 0 Å². The molecule has 0 bridgehead atoms. The van der Waals surface area contributed by atoms with Gasteiger partial charge in [-0.2, -0.15) is 0 Å². The number of amides is 2. The number of ether oxygens (including phenoxy) is 2. The second-order valence-corrected chi connectivity index (χ2v) is 5.95. The predicted molar refractivity (Wildman–Crippen MR) is 95.8 cm³/mol. The zero-order valence-corrected chi connectivity index (χ0v) is 14.6. The molecule has 2 aromatic rings. The first-order valence-electron chi connectivity index (χ1n) is 8.45. The van der Waals surface area contributed by atoms with Crippen LogP contribution in [-0.4, -0.2) is 41.6 Å². The Balaban J connectivity index is 1.61. The third kappa shape index (κ3) is 4.30. The zero-order chi connectivity index (χ0) is 18.4. The SMILES string of the molecule is COC(=O)N1CCCC1C(=O)Nc1cccc(OCc2ccccn2)c1. The molecule has 2 heterocycles. The van der Waals surface area contributed by atoms with E-state index in [1.807, 2.05) is 24.3 Å². The van der Waals surface area contributed by atoms with Gasteiger partial charge in [-0.15, -0.1) is 0 Å². The molecule has 1 aromatic heterocycles. The second-order valence-electron chi connectivity index (χ2n) is 5.95. The van der Waals surface area contributed by atoms with Gasteiger partial charge in [0.2, 0.25) is 5.91 Å². The van der Waals surface area contributed by atoms with Gasteiger partial charge < -0.3 is 14.8 Å². The summed E-state index contributed by atoms with van der Waals surface area (Å²) in [6.45, 7) is 0.870. The molecule has 0 spiro atoms. The molecule has 2 amide bonds. The summed E-state index contributed by atoms with van der Waals surface area (Å²) >= 11 is 0. The summed E-state index contributed by atoms with van der Waals surface area (Å²) < 4.78 is 10.5. The monoisotopic (exact) mass is 355 g/mol. The lowest BCUT2D eigenvalue weighted by Crippen LogP contribution is -2.43. The van der Waals surface area contributed by atoms with Gasteiger partial charge in [-0.05, 0) is 37.1 Å². The molecule has 0 saturated carbocycles. The van der Waals surface area contributed by atoms with Crippen molar-refractivity contribution in [3.63, 3.8) is 0 Å². The molecule has 1 aliphatic rings. The van der Waals surface area contributed by atoms with E-state index in [-0.39, 0.29) is 5.91 Å². The van der Waals surface area contributed by atoms with Gasteiger partial charge in [0.1, 0.15) is 18.4 Å². The molecule has 1 N–H and O–H groups in total. The van der Waals surface area contributed by atoms with Gasteiger partial charge in [-0.1, -0.05) is 12.1 Å². The maximum atomic E-state index is 12.5. The van der Waals surface area contributed by atoms with Gasteiger partial charge in [-0.3, -0.25) is 14.7 Å². The van der Waals surface area contributed by atoms with Crippen molar-refractivity contribution in [3.8, 4) is 5.75 Å². The molecule has 136 valence electrons. The average Bonchev–Trinajstić information content (AvgIpc) is 3.17. The van der Waals surface area contributed by atoms with Gasteiger partial charge >= 0.3 is 6.09 Å². The summed E-state index contributed by atoms with van der Waals surface area (Å²) in [5, 5.41) is 2.85. The Morgan fingerprint density at radius 1 is 1.27 bits per heavy atom. The topological polar surface area (TPSA) is 80.8 Å². The van der Waals surface area contributed by atoms with Crippen LogP contribution in [-0.2, 0) is 16.1 Å². The fourth-order valence-electron chi connectivity index (χ4n) is 2.91. The molecule has 7 heteroatoms. The Labute approximate surface area is 151 Å². The van der Waals surface area contributed by atoms with Crippen LogP contribution in [0, 0.1) is 0 Å². The second kappa shape index (κ2) is 8.33. The first-order valence-corrected chi connectivity index (χ1v) is 8.45. The van der Waals surface area contributed by atoms with Crippen molar-refractivity contribution in [3.05, 3.63) is 54.4 Å². The number of carbonyl (C=O) groups is 2. The largest absolute Gasteiger partial charge is 0.487 e. The van der Waals surface area contributed by atoms with Crippen molar-refractivity contribution in [1.29, 1.82) is 0 Å². The molecule has 26 heavy (non-hydrogen) atoms. The number of methoxy groups -OCH3 is 1. The Hall–Kier alpha value is -3.09. The van der Waals surface area contributed by atoms with E-state index in [1.165, 1.54) is 12.0 Å². The standard InChI is InChI=1S/C19H21N3O4/c1-25-19(24)22-11-5-9-17(22)18(23)21-14-7-4-8-16(12-14)26-13-15-6-2-3-10-20-15/h2-4,6-8,10,12,17H,5,9,11,13H2,1H3,(H,21,23). The number of rotatable bonds is 5. The van der Waals surface area contributed by atoms with Crippen LogP contribution < -0.4 is 10.1 Å². The normalized spacial score (nSPS) is 16.2. The van der Waals surface area contributed by atoms with E-state index in [9.17, 15) is 9.59 Å². The molecule has 3 rings (SSSR count). The van der Waals surface area contributed by atoms with Crippen molar-refractivity contribution in [2.75, 3.05) is 19.0 Å². The number of hydrogen-bond acceptors (Lipinski definition) is 5. The number of likely N-dealkylation sites (tertiary alicyclic amines) is 1. The predicted octanol–water partition coefficient (Wildman–Crippen LogP) is 2.83. The van der Waals surface area contributed by atoms with E-state index in [4.69, 9.17) is 9.47 Å². The number of pyridine rings is 1. The van der Waals surface area contributed by atoms with Gasteiger partial charge in [0.25, 0.3) is 0 Å². The Kier molecular flexibility index (Phi) is 5.68. The first kappa shape index (κ1) is 17.7. The van der Waals surface area contributed by atoms with Crippen LogP contribution in [0.1, 0.15) is 18.5 Å². The summed E-state index contributed by atoms with van der Waals surface area (Å²) in [6.07, 6.45) is 2.64. The lowest BCUT2D eigenvalue weighted by Gasteiger charge is -2.22. The molecular formula is C19H21N3O4. The number of carbonyl (C=O) groups excluding carboxylic acids is 2. The third-order valence-corrected chi connectivity index (χ3v) is 4.18. The Morgan fingerprint density at radius 2 is 2.15 bits per heavy atom. The molecule has 0 aliphatic carbocycles. The Morgan fingerprint density at radius 3 is 2.92 bits per heavy atom. The minimum atomic E-state index is -0.513. The molecule has 1 aromatic carbocycles. The highest BCUT2D eigenvalue weighted by atomic mass is 16.5. The van der Waals surface area contributed by atoms with Gasteiger partial charge in [0, 0.05) is 24.5 Å². The highest BCUT2D eigenvalue weighted by molar-refractivity contribution is 5.97. The molecule has 7 nitrogen and oxygen atoms in total. The van der Waals surface area contributed by atoms with E-state index in [0.717, 1.165) is 12.1 Å². The summed E-state index contributed by atoms with van der Waals surface area (Å²) in [6, 6.07) is 12.3. The molecule has 1 fully saturated rings. The summed E-state index contributed by atoms with van der Waals surface area (Å²) in [5.74, 6) is 0.402. The minimum absolute atomic E-state index is 0.227. The quantitative estimate of drug-likeness (QED) is 0.892. The van der Waals surface area contributed by atoms with E-state index in [1.54, 1.807) is 24.4 Å². The molecular weight excluding hydrogens is 334 g/mol. The Bertz CT molecular complexity index is 766. The number of benzene rings is 1. The van der Waals surface area contributed by atoms with Crippen LogP contribution in [0.15, 0.2) is 48.7 Å². The van der Waals surface area contributed by atoms with E-state index in [2.05, 4.69) is 10.3 Å². The first-order chi connectivity index (χ1) is 12.7. The van der Waals surface area contributed by atoms with Crippen molar-refractivity contribution in [2.24, 2.45) is 0 Å². The van der Waals surface area contributed by atoms with Crippen LogP contribution in [0.4, 0.5) is 10.5 Å². The summed E-state index contributed by atoms with van der Waals surface area (Å²) in [7, 11) is 1.32. The number of aromatic nitrogens is 1. The van der Waals surface area contributed by atoms with Crippen molar-refractivity contribution in [1.82, 2.24) is 9.88 Å². The average molecular weight is 355 g/mol. The number of nitrogens with one attached hydrogen (secondary N) is 1. The molecule has 1 unspecified atom stereocenters. The summed E-state index contributed by atoms with van der Waals surface area (Å²) in [5.41, 5.74) is 1.44. The number of anilines is 1. The number of nitrogens with zero attached hydrogens (tertiary/aromatic N) is 2. The maximum absolute atomic E-state index is 12.5. The third-order valence-electron chi connectivity index (χ3n) is 4.18. The van der Waals surface area contributed by atoms with Gasteiger partial charge in [-0.25, -0.2) is 4.79 Å². The van der Waals surface area contributed by atoms with E-state index >= 15 is 0 Å². The lowest BCUT2D eigenvalue weighted by atomic mass is 10.2. The van der Waals surface area contributed by atoms with Gasteiger partial charge in [0.15, 0.2) is 0 Å². The highest BCUT2D eigenvalue weighted by Gasteiger charge is 2.34.